The molecule has 2 rings (SSSR count). The Balaban J connectivity index is 1.86. The fourth-order valence-corrected chi connectivity index (χ4v) is 1.78. The first-order valence-electron chi connectivity index (χ1n) is 5.66. The lowest BCUT2D eigenvalue weighted by Crippen LogP contribution is -2.10. The minimum atomic E-state index is 0.207. The van der Waals surface area contributed by atoms with Gasteiger partial charge in [0, 0.05) is 25.5 Å². The number of hydrogen-bond donors (Lipinski definition) is 2. The second-order valence-electron chi connectivity index (χ2n) is 3.92. The van der Waals surface area contributed by atoms with Gasteiger partial charge in [0.15, 0.2) is 5.82 Å². The van der Waals surface area contributed by atoms with Crippen LogP contribution in [-0.2, 0) is 6.54 Å². The number of rotatable bonds is 5. The van der Waals surface area contributed by atoms with Crippen LogP contribution in [0.4, 0.5) is 11.5 Å². The van der Waals surface area contributed by atoms with E-state index in [9.17, 15) is 0 Å². The van der Waals surface area contributed by atoms with E-state index in [0.717, 1.165) is 19.5 Å². The van der Waals surface area contributed by atoms with Crippen LogP contribution in [-0.4, -0.2) is 26.1 Å². The molecule has 3 N–H and O–H groups in total. The highest BCUT2D eigenvalue weighted by molar-refractivity contribution is 6.28. The lowest BCUT2D eigenvalue weighted by molar-refractivity contribution is 0.660. The van der Waals surface area contributed by atoms with Crippen molar-refractivity contribution in [2.75, 3.05) is 17.6 Å². The van der Waals surface area contributed by atoms with Crippen molar-refractivity contribution in [1.29, 1.82) is 0 Å². The van der Waals surface area contributed by atoms with E-state index in [0.29, 0.717) is 17.2 Å². The molecule has 0 saturated heterocycles. The first-order chi connectivity index (χ1) is 8.66. The Labute approximate surface area is 110 Å². The Hall–Kier alpha value is -1.82. The summed E-state index contributed by atoms with van der Waals surface area (Å²) < 4.78 is 2.02. The second kappa shape index (κ2) is 5.68. The van der Waals surface area contributed by atoms with E-state index in [2.05, 4.69) is 20.3 Å². The van der Waals surface area contributed by atoms with Crippen LogP contribution >= 0.6 is 11.6 Å². The van der Waals surface area contributed by atoms with Gasteiger partial charge in [-0.25, -0.2) is 9.97 Å². The zero-order chi connectivity index (χ0) is 13.0. The van der Waals surface area contributed by atoms with Crippen LogP contribution in [0.5, 0.6) is 0 Å². The Morgan fingerprint density at radius 2 is 2.28 bits per heavy atom. The molecule has 0 aliphatic carbocycles. The molecule has 0 saturated carbocycles. The van der Waals surface area contributed by atoms with Crippen LogP contribution in [0, 0.1) is 6.92 Å². The third kappa shape index (κ3) is 3.10. The lowest BCUT2D eigenvalue weighted by atomic mass is 10.3. The standard InChI is InChI=1S/C11H15ClN6/c1-8-9(13)10(17-11(12)16-8)15-3-2-5-18-6-4-14-7-18/h4,6-7H,2-3,5,13H2,1H3,(H,15,16,17). The highest BCUT2D eigenvalue weighted by Crippen LogP contribution is 2.20. The SMILES string of the molecule is Cc1nc(Cl)nc(NCCCn2ccnc2)c1N. The first-order valence-corrected chi connectivity index (χ1v) is 6.04. The number of imidazole rings is 1. The van der Waals surface area contributed by atoms with Crippen molar-refractivity contribution >= 4 is 23.1 Å². The average Bonchev–Trinajstić information content (AvgIpc) is 2.83. The quantitative estimate of drug-likeness (QED) is 0.636. The fraction of sp³-hybridized carbons (Fsp3) is 0.364. The maximum atomic E-state index is 5.87. The van der Waals surface area contributed by atoms with Gasteiger partial charge in [0.1, 0.15) is 0 Å². The van der Waals surface area contributed by atoms with E-state index in [4.69, 9.17) is 17.3 Å². The molecule has 96 valence electrons. The Morgan fingerprint density at radius 3 is 3.00 bits per heavy atom. The molecule has 0 aliphatic rings. The molecule has 2 aromatic heterocycles. The molecule has 6 nitrogen and oxygen atoms in total. The molecule has 0 radical (unpaired) electrons. The smallest absolute Gasteiger partial charge is 0.224 e. The van der Waals surface area contributed by atoms with E-state index in [1.165, 1.54) is 0 Å². The molecule has 2 heterocycles. The molecule has 0 amide bonds. The van der Waals surface area contributed by atoms with E-state index in [-0.39, 0.29) is 5.28 Å². The maximum Gasteiger partial charge on any atom is 0.224 e. The summed E-state index contributed by atoms with van der Waals surface area (Å²) in [6.07, 6.45) is 6.43. The first kappa shape index (κ1) is 12.6. The van der Waals surface area contributed by atoms with Gasteiger partial charge >= 0.3 is 0 Å². The fourth-order valence-electron chi connectivity index (χ4n) is 1.57. The molecule has 2 aromatic rings. The van der Waals surface area contributed by atoms with Crippen molar-refractivity contribution in [1.82, 2.24) is 19.5 Å². The zero-order valence-electron chi connectivity index (χ0n) is 10.1. The van der Waals surface area contributed by atoms with E-state index >= 15 is 0 Å². The number of halogens is 1. The van der Waals surface area contributed by atoms with Gasteiger partial charge in [-0.15, -0.1) is 0 Å². The summed E-state index contributed by atoms with van der Waals surface area (Å²) in [5.74, 6) is 0.595. The number of aromatic nitrogens is 4. The van der Waals surface area contributed by atoms with Crippen molar-refractivity contribution in [3.05, 3.63) is 29.7 Å². The van der Waals surface area contributed by atoms with Gasteiger partial charge in [-0.2, -0.15) is 4.98 Å². The number of hydrogen-bond acceptors (Lipinski definition) is 5. The van der Waals surface area contributed by atoms with Gasteiger partial charge in [-0.05, 0) is 24.9 Å². The predicted molar refractivity (Wildman–Crippen MR) is 71.5 cm³/mol. The van der Waals surface area contributed by atoms with Crippen molar-refractivity contribution in [3.63, 3.8) is 0 Å². The second-order valence-corrected chi connectivity index (χ2v) is 4.26. The number of nitrogens with two attached hydrogens (primary N) is 1. The predicted octanol–water partition coefficient (Wildman–Crippen LogP) is 1.72. The molecular formula is C11H15ClN6. The van der Waals surface area contributed by atoms with Crippen molar-refractivity contribution in [3.8, 4) is 0 Å². The monoisotopic (exact) mass is 266 g/mol. The van der Waals surface area contributed by atoms with Gasteiger partial charge in [0.05, 0.1) is 17.7 Å². The molecule has 0 aliphatic heterocycles. The van der Waals surface area contributed by atoms with Crippen LogP contribution < -0.4 is 11.1 Å². The summed E-state index contributed by atoms with van der Waals surface area (Å²) in [6, 6.07) is 0. The summed E-state index contributed by atoms with van der Waals surface area (Å²) in [5.41, 5.74) is 7.10. The third-order valence-electron chi connectivity index (χ3n) is 2.55. The van der Waals surface area contributed by atoms with E-state index in [1.54, 1.807) is 19.4 Å². The summed E-state index contributed by atoms with van der Waals surface area (Å²) in [7, 11) is 0. The van der Waals surface area contributed by atoms with Crippen molar-refractivity contribution in [2.45, 2.75) is 19.9 Å². The summed E-state index contributed by atoms with van der Waals surface area (Å²) >= 11 is 5.79. The Kier molecular flexibility index (Phi) is 3.99. The highest BCUT2D eigenvalue weighted by atomic mass is 35.5. The number of nitrogen functional groups attached to an aromatic ring is 1. The Morgan fingerprint density at radius 1 is 1.44 bits per heavy atom. The minimum absolute atomic E-state index is 0.207. The van der Waals surface area contributed by atoms with Gasteiger partial charge in [-0.1, -0.05) is 0 Å². The summed E-state index contributed by atoms with van der Waals surface area (Å²) in [4.78, 5) is 12.0. The van der Waals surface area contributed by atoms with Crippen LogP contribution in [0.3, 0.4) is 0 Å². The van der Waals surface area contributed by atoms with Crippen LogP contribution in [0.25, 0.3) is 0 Å². The largest absolute Gasteiger partial charge is 0.394 e. The average molecular weight is 267 g/mol. The van der Waals surface area contributed by atoms with Crippen molar-refractivity contribution < 1.29 is 0 Å². The number of aryl methyl sites for hydroxylation is 2. The molecule has 0 atom stereocenters. The normalized spacial score (nSPS) is 10.6. The van der Waals surface area contributed by atoms with Crippen LogP contribution in [0.15, 0.2) is 18.7 Å². The molecule has 0 spiro atoms. The van der Waals surface area contributed by atoms with E-state index in [1.807, 2.05) is 10.8 Å². The number of anilines is 2. The van der Waals surface area contributed by atoms with Gasteiger partial charge in [-0.3, -0.25) is 0 Å². The van der Waals surface area contributed by atoms with Crippen LogP contribution in [0.1, 0.15) is 12.1 Å². The molecule has 7 heteroatoms. The van der Waals surface area contributed by atoms with Gasteiger partial charge in [0.25, 0.3) is 0 Å². The highest BCUT2D eigenvalue weighted by Gasteiger charge is 2.06. The maximum absolute atomic E-state index is 5.87. The topological polar surface area (TPSA) is 81.7 Å². The molecule has 18 heavy (non-hydrogen) atoms. The molecule has 0 aromatic carbocycles. The van der Waals surface area contributed by atoms with Gasteiger partial charge in [0.2, 0.25) is 5.28 Å². The van der Waals surface area contributed by atoms with E-state index < -0.39 is 0 Å². The number of nitrogens with zero attached hydrogens (tertiary/aromatic N) is 4. The molecule has 0 bridgehead atoms. The Bertz CT molecular complexity index is 511. The van der Waals surface area contributed by atoms with Crippen LogP contribution in [0.2, 0.25) is 5.28 Å². The summed E-state index contributed by atoms with van der Waals surface area (Å²) in [5, 5.41) is 3.37. The van der Waals surface area contributed by atoms with Crippen molar-refractivity contribution in [2.24, 2.45) is 0 Å². The molecule has 0 unspecified atom stereocenters. The minimum Gasteiger partial charge on any atom is -0.394 e. The molecular weight excluding hydrogens is 252 g/mol. The zero-order valence-corrected chi connectivity index (χ0v) is 10.9. The van der Waals surface area contributed by atoms with Gasteiger partial charge < -0.3 is 15.6 Å². The number of nitrogens with one attached hydrogen (secondary N) is 1. The molecule has 0 fully saturated rings. The summed E-state index contributed by atoms with van der Waals surface area (Å²) in [6.45, 7) is 3.46. The third-order valence-corrected chi connectivity index (χ3v) is 2.72. The lowest BCUT2D eigenvalue weighted by Gasteiger charge is -2.10.